The van der Waals surface area contributed by atoms with Gasteiger partial charge in [-0.15, -0.1) is 0 Å². The van der Waals surface area contributed by atoms with Gasteiger partial charge in [0.2, 0.25) is 10.0 Å². The van der Waals surface area contributed by atoms with Crippen LogP contribution in [0.15, 0.2) is 59.5 Å². The van der Waals surface area contributed by atoms with E-state index in [1.54, 1.807) is 10.4 Å². The molecule has 5 rings (SSSR count). The Morgan fingerprint density at radius 2 is 1.84 bits per heavy atom. The van der Waals surface area contributed by atoms with Crippen molar-refractivity contribution in [2.75, 3.05) is 45.2 Å². The minimum absolute atomic E-state index is 0.116. The van der Waals surface area contributed by atoms with Crippen LogP contribution in [0.5, 0.6) is 5.75 Å². The van der Waals surface area contributed by atoms with E-state index in [2.05, 4.69) is 34.5 Å². The molecule has 0 aromatic heterocycles. The Morgan fingerprint density at radius 1 is 1.06 bits per heavy atom. The minimum atomic E-state index is -3.49. The van der Waals surface area contributed by atoms with Crippen LogP contribution in [0.25, 0.3) is 0 Å². The van der Waals surface area contributed by atoms with Crippen molar-refractivity contribution in [1.82, 2.24) is 9.21 Å². The summed E-state index contributed by atoms with van der Waals surface area (Å²) in [5.74, 6) is 1.43. The fourth-order valence-corrected chi connectivity index (χ4v) is 6.70. The van der Waals surface area contributed by atoms with Gasteiger partial charge in [0.05, 0.1) is 17.5 Å². The molecular formula is C25H31N3O3S. The summed E-state index contributed by atoms with van der Waals surface area (Å²) in [6, 6.07) is 13.9. The number of ether oxygens (including phenoxy) is 1. The Hall–Kier alpha value is -2.35. The summed E-state index contributed by atoms with van der Waals surface area (Å²) >= 11 is 0. The molecule has 0 amide bonds. The predicted molar refractivity (Wildman–Crippen MR) is 127 cm³/mol. The maximum atomic E-state index is 13.3. The highest BCUT2D eigenvalue weighted by Crippen LogP contribution is 2.51. The lowest BCUT2D eigenvalue weighted by molar-refractivity contribution is 0.222. The first-order valence-corrected chi connectivity index (χ1v) is 12.9. The average molecular weight is 454 g/mol. The first-order chi connectivity index (χ1) is 15.5. The van der Waals surface area contributed by atoms with Crippen molar-refractivity contribution in [2.24, 2.45) is 5.92 Å². The number of nitrogens with one attached hydrogen (secondary N) is 1. The van der Waals surface area contributed by atoms with E-state index >= 15 is 0 Å². The van der Waals surface area contributed by atoms with E-state index in [1.165, 1.54) is 0 Å². The molecule has 0 radical (unpaired) electrons. The summed E-state index contributed by atoms with van der Waals surface area (Å²) in [6.45, 7) is 5.23. The molecule has 0 saturated carbocycles. The van der Waals surface area contributed by atoms with Crippen LogP contribution >= 0.6 is 0 Å². The molecule has 3 unspecified atom stereocenters. The highest BCUT2D eigenvalue weighted by Gasteiger charge is 2.40. The van der Waals surface area contributed by atoms with Crippen molar-refractivity contribution in [3.8, 4) is 5.75 Å². The number of rotatable bonds is 5. The third-order valence-corrected chi connectivity index (χ3v) is 8.88. The van der Waals surface area contributed by atoms with Crippen molar-refractivity contribution in [1.29, 1.82) is 0 Å². The normalized spacial score (nSPS) is 25.8. The number of hydrogen-bond donors (Lipinski definition) is 1. The maximum Gasteiger partial charge on any atom is 0.243 e. The van der Waals surface area contributed by atoms with Crippen molar-refractivity contribution in [2.45, 2.75) is 30.2 Å². The first kappa shape index (κ1) is 21.5. The molecule has 170 valence electrons. The van der Waals surface area contributed by atoms with Crippen LogP contribution in [0.4, 0.5) is 5.69 Å². The molecule has 6 nitrogen and oxygen atoms in total. The van der Waals surface area contributed by atoms with Gasteiger partial charge in [0.25, 0.3) is 0 Å². The van der Waals surface area contributed by atoms with Gasteiger partial charge in [-0.1, -0.05) is 30.4 Å². The van der Waals surface area contributed by atoms with Gasteiger partial charge in [-0.2, -0.15) is 4.31 Å². The summed E-state index contributed by atoms with van der Waals surface area (Å²) in [7, 11) is -1.46. The standard InChI is InChI=1S/C25H31N3O3S/c1-3-31-24-10-5-4-7-21(24)25-20-9-6-8-19(20)22-17-18(11-12-23(22)26-25)32(29,30)28-15-13-27(2)14-16-28/h4-8,10-12,17,19-20,25-26H,3,9,13-16H2,1-2H3. The largest absolute Gasteiger partial charge is 0.494 e. The SMILES string of the molecule is CCOc1ccccc1C1Nc2ccc(S(=O)(=O)N3CCN(C)CC3)cc2C2C=CCC21. The fourth-order valence-electron chi connectivity index (χ4n) is 5.24. The van der Waals surface area contributed by atoms with E-state index in [-0.39, 0.29) is 12.0 Å². The number of piperazine rings is 1. The Bertz CT molecular complexity index is 1120. The van der Waals surface area contributed by atoms with Crippen LogP contribution < -0.4 is 10.1 Å². The summed E-state index contributed by atoms with van der Waals surface area (Å²) in [4.78, 5) is 2.56. The number of fused-ring (bicyclic) bond motifs is 3. The number of anilines is 1. The molecule has 7 heteroatoms. The molecule has 32 heavy (non-hydrogen) atoms. The second-order valence-electron chi connectivity index (χ2n) is 8.90. The van der Waals surface area contributed by atoms with E-state index < -0.39 is 10.0 Å². The second-order valence-corrected chi connectivity index (χ2v) is 10.8. The number of nitrogens with zero attached hydrogens (tertiary/aromatic N) is 2. The zero-order valence-corrected chi connectivity index (χ0v) is 19.5. The summed E-state index contributed by atoms with van der Waals surface area (Å²) < 4.78 is 34.2. The third-order valence-electron chi connectivity index (χ3n) is 6.99. The van der Waals surface area contributed by atoms with Gasteiger partial charge in [0.1, 0.15) is 5.75 Å². The van der Waals surface area contributed by atoms with Crippen LogP contribution in [0.1, 0.15) is 36.4 Å². The topological polar surface area (TPSA) is 61.9 Å². The summed E-state index contributed by atoms with van der Waals surface area (Å²) in [5, 5.41) is 3.71. The quantitative estimate of drug-likeness (QED) is 0.697. The molecule has 2 aromatic carbocycles. The maximum absolute atomic E-state index is 13.3. The summed E-state index contributed by atoms with van der Waals surface area (Å²) in [6.07, 6.45) is 5.43. The highest BCUT2D eigenvalue weighted by molar-refractivity contribution is 7.89. The second kappa shape index (κ2) is 8.54. The van der Waals surface area contributed by atoms with Crippen LogP contribution in [0.2, 0.25) is 0 Å². The number of sulfonamides is 1. The number of allylic oxidation sites excluding steroid dienone is 2. The number of benzene rings is 2. The van der Waals surface area contributed by atoms with E-state index in [0.29, 0.717) is 30.5 Å². The zero-order chi connectivity index (χ0) is 22.3. The van der Waals surface area contributed by atoms with Gasteiger partial charge in [-0.25, -0.2) is 8.42 Å². The average Bonchev–Trinajstić information content (AvgIpc) is 3.30. The number of para-hydroxylation sites is 1. The lowest BCUT2D eigenvalue weighted by Gasteiger charge is -2.38. The van der Waals surface area contributed by atoms with E-state index in [1.807, 2.05) is 38.2 Å². The summed E-state index contributed by atoms with van der Waals surface area (Å²) in [5.41, 5.74) is 3.24. The van der Waals surface area contributed by atoms with Gasteiger partial charge in [0.15, 0.2) is 0 Å². The first-order valence-electron chi connectivity index (χ1n) is 11.5. The van der Waals surface area contributed by atoms with Crippen molar-refractivity contribution < 1.29 is 13.2 Å². The lowest BCUT2D eigenvalue weighted by Crippen LogP contribution is -2.47. The van der Waals surface area contributed by atoms with Crippen LogP contribution in [0, 0.1) is 5.92 Å². The van der Waals surface area contributed by atoms with Crippen LogP contribution in [-0.2, 0) is 10.0 Å². The van der Waals surface area contributed by atoms with E-state index in [9.17, 15) is 8.42 Å². The molecule has 0 bridgehead atoms. The molecule has 1 saturated heterocycles. The lowest BCUT2D eigenvalue weighted by atomic mass is 9.77. The Morgan fingerprint density at radius 3 is 2.62 bits per heavy atom. The Kier molecular flexibility index (Phi) is 5.73. The fraction of sp³-hybridized carbons (Fsp3) is 0.440. The molecule has 2 heterocycles. The Balaban J connectivity index is 1.49. The smallest absolute Gasteiger partial charge is 0.243 e. The molecule has 1 N–H and O–H groups in total. The van der Waals surface area contributed by atoms with Gasteiger partial charge in [-0.05, 0) is 56.1 Å². The molecule has 2 aliphatic heterocycles. The van der Waals surface area contributed by atoms with Crippen molar-refractivity contribution >= 4 is 15.7 Å². The monoisotopic (exact) mass is 453 g/mol. The molecule has 1 aliphatic carbocycles. The van der Waals surface area contributed by atoms with E-state index in [4.69, 9.17) is 4.74 Å². The predicted octanol–water partition coefficient (Wildman–Crippen LogP) is 3.85. The molecule has 2 aromatic rings. The van der Waals surface area contributed by atoms with E-state index in [0.717, 1.165) is 42.1 Å². The van der Waals surface area contributed by atoms with Crippen LogP contribution in [-0.4, -0.2) is 57.5 Å². The van der Waals surface area contributed by atoms with Gasteiger partial charge in [-0.3, -0.25) is 0 Å². The molecule has 1 fully saturated rings. The highest BCUT2D eigenvalue weighted by atomic mass is 32.2. The molecular weight excluding hydrogens is 422 g/mol. The van der Waals surface area contributed by atoms with Crippen molar-refractivity contribution in [3.63, 3.8) is 0 Å². The molecule has 3 atom stereocenters. The molecule has 0 spiro atoms. The van der Waals surface area contributed by atoms with Gasteiger partial charge < -0.3 is 15.0 Å². The molecule has 3 aliphatic rings. The third kappa shape index (κ3) is 3.72. The van der Waals surface area contributed by atoms with Gasteiger partial charge >= 0.3 is 0 Å². The zero-order valence-electron chi connectivity index (χ0n) is 18.7. The number of likely N-dealkylation sites (N-methyl/N-ethyl adjacent to an activating group) is 1. The van der Waals surface area contributed by atoms with Crippen LogP contribution in [0.3, 0.4) is 0 Å². The van der Waals surface area contributed by atoms with Gasteiger partial charge in [0, 0.05) is 43.3 Å². The number of hydrogen-bond acceptors (Lipinski definition) is 5. The Labute approximate surface area is 190 Å². The minimum Gasteiger partial charge on any atom is -0.494 e. The van der Waals surface area contributed by atoms with Crippen molar-refractivity contribution in [3.05, 3.63) is 65.7 Å².